The molecule has 0 aliphatic rings. The zero-order valence-corrected chi connectivity index (χ0v) is 19.7. The van der Waals surface area contributed by atoms with Crippen molar-refractivity contribution < 1.29 is 9.53 Å². The SMILES string of the molecule is CCNc1cc(-n2c(C(=O)OCC)nc3c(C)cccc32)ccc1-c1ccccc1-c1nn[nH]n1. The number of benzene rings is 3. The summed E-state index contributed by atoms with van der Waals surface area (Å²) in [5.41, 5.74) is 7.13. The number of carbonyl (C=O) groups excluding carboxylic acids is 1. The van der Waals surface area contributed by atoms with Crippen LogP contribution in [0.25, 0.3) is 39.2 Å². The molecule has 3 aromatic carbocycles. The van der Waals surface area contributed by atoms with Gasteiger partial charge in [-0.1, -0.05) is 42.5 Å². The van der Waals surface area contributed by atoms with E-state index in [0.29, 0.717) is 5.82 Å². The van der Waals surface area contributed by atoms with Crippen molar-refractivity contribution in [3.05, 3.63) is 72.1 Å². The van der Waals surface area contributed by atoms with Crippen molar-refractivity contribution in [1.82, 2.24) is 30.2 Å². The molecule has 2 aromatic heterocycles. The Morgan fingerprint density at radius 3 is 2.60 bits per heavy atom. The number of para-hydroxylation sites is 1. The Balaban J connectivity index is 1.71. The van der Waals surface area contributed by atoms with Crippen molar-refractivity contribution in [2.75, 3.05) is 18.5 Å². The van der Waals surface area contributed by atoms with Gasteiger partial charge in [-0.05, 0) is 55.3 Å². The Morgan fingerprint density at radius 2 is 1.86 bits per heavy atom. The largest absolute Gasteiger partial charge is 0.460 e. The van der Waals surface area contributed by atoms with Crippen LogP contribution in [0.4, 0.5) is 5.69 Å². The maximum Gasteiger partial charge on any atom is 0.374 e. The number of nitrogens with one attached hydrogen (secondary N) is 2. The van der Waals surface area contributed by atoms with Crippen molar-refractivity contribution in [3.63, 3.8) is 0 Å². The third-order valence-corrected chi connectivity index (χ3v) is 5.78. The van der Waals surface area contributed by atoms with E-state index in [4.69, 9.17) is 4.74 Å². The lowest BCUT2D eigenvalue weighted by atomic mass is 9.97. The average molecular weight is 468 g/mol. The summed E-state index contributed by atoms with van der Waals surface area (Å²) in [7, 11) is 0. The number of anilines is 1. The number of nitrogens with zero attached hydrogens (tertiary/aromatic N) is 5. The summed E-state index contributed by atoms with van der Waals surface area (Å²) in [5.74, 6) is 0.311. The van der Waals surface area contributed by atoms with Gasteiger partial charge in [-0.25, -0.2) is 9.78 Å². The Labute approximate surface area is 202 Å². The summed E-state index contributed by atoms with van der Waals surface area (Å²) in [6, 6.07) is 19.9. The molecule has 0 saturated heterocycles. The summed E-state index contributed by atoms with van der Waals surface area (Å²) in [6.45, 7) is 6.80. The van der Waals surface area contributed by atoms with Gasteiger partial charge in [-0.15, -0.1) is 10.2 Å². The summed E-state index contributed by atoms with van der Waals surface area (Å²) < 4.78 is 7.18. The normalized spacial score (nSPS) is 11.1. The topological polar surface area (TPSA) is 111 Å². The summed E-state index contributed by atoms with van der Waals surface area (Å²) in [4.78, 5) is 17.5. The van der Waals surface area contributed by atoms with Crippen molar-refractivity contribution >= 4 is 22.7 Å². The number of hydrogen-bond donors (Lipinski definition) is 2. The lowest BCUT2D eigenvalue weighted by molar-refractivity contribution is 0.0510. The second kappa shape index (κ2) is 9.38. The summed E-state index contributed by atoms with van der Waals surface area (Å²) in [6.07, 6.45) is 0. The molecule has 0 radical (unpaired) electrons. The predicted octanol–water partition coefficient (Wildman–Crippen LogP) is 4.79. The molecular formula is C26H25N7O2. The van der Waals surface area contributed by atoms with Crippen LogP contribution in [0.1, 0.15) is 30.0 Å². The fraction of sp³-hybridized carbons (Fsp3) is 0.192. The van der Waals surface area contributed by atoms with E-state index in [1.165, 1.54) is 0 Å². The smallest absolute Gasteiger partial charge is 0.374 e. The van der Waals surface area contributed by atoms with Crippen LogP contribution in [0.3, 0.4) is 0 Å². The lowest BCUT2D eigenvalue weighted by Gasteiger charge is -2.17. The molecule has 35 heavy (non-hydrogen) atoms. The molecule has 0 fully saturated rings. The Bertz CT molecular complexity index is 1510. The number of H-pyrrole nitrogens is 1. The van der Waals surface area contributed by atoms with Crippen molar-refractivity contribution in [2.45, 2.75) is 20.8 Å². The van der Waals surface area contributed by atoms with Gasteiger partial charge in [0.15, 0.2) is 0 Å². The van der Waals surface area contributed by atoms with Gasteiger partial charge in [0.05, 0.1) is 23.3 Å². The monoisotopic (exact) mass is 467 g/mol. The minimum absolute atomic E-state index is 0.249. The zero-order valence-electron chi connectivity index (χ0n) is 19.7. The first kappa shape index (κ1) is 22.3. The molecule has 0 bridgehead atoms. The summed E-state index contributed by atoms with van der Waals surface area (Å²) in [5, 5.41) is 18.0. The minimum Gasteiger partial charge on any atom is -0.460 e. The Morgan fingerprint density at radius 1 is 1.03 bits per heavy atom. The van der Waals surface area contributed by atoms with E-state index in [1.807, 2.05) is 79.1 Å². The number of carbonyl (C=O) groups is 1. The third kappa shape index (κ3) is 4.01. The maximum absolute atomic E-state index is 12.9. The van der Waals surface area contributed by atoms with Crippen LogP contribution in [0, 0.1) is 6.92 Å². The van der Waals surface area contributed by atoms with E-state index in [9.17, 15) is 4.79 Å². The molecule has 0 aliphatic carbocycles. The number of hydrogen-bond acceptors (Lipinski definition) is 7. The second-order valence-electron chi connectivity index (χ2n) is 7.98. The highest BCUT2D eigenvalue weighted by molar-refractivity contribution is 5.94. The van der Waals surface area contributed by atoms with Crippen molar-refractivity contribution in [2.24, 2.45) is 0 Å². The van der Waals surface area contributed by atoms with Gasteiger partial charge in [0, 0.05) is 23.4 Å². The molecule has 2 heterocycles. The number of rotatable bonds is 7. The van der Waals surface area contributed by atoms with Crippen LogP contribution in [0.15, 0.2) is 60.7 Å². The molecule has 0 atom stereocenters. The molecule has 2 N–H and O–H groups in total. The number of ether oxygens (including phenoxy) is 1. The van der Waals surface area contributed by atoms with Crippen LogP contribution in [0.5, 0.6) is 0 Å². The predicted molar refractivity (Wildman–Crippen MR) is 135 cm³/mol. The van der Waals surface area contributed by atoms with Gasteiger partial charge in [0.25, 0.3) is 0 Å². The van der Waals surface area contributed by atoms with Gasteiger partial charge < -0.3 is 10.1 Å². The Hall–Kier alpha value is -4.53. The highest BCUT2D eigenvalue weighted by Gasteiger charge is 2.22. The zero-order chi connectivity index (χ0) is 24.4. The molecule has 5 aromatic rings. The number of aryl methyl sites for hydroxylation is 1. The fourth-order valence-corrected chi connectivity index (χ4v) is 4.27. The van der Waals surface area contributed by atoms with Crippen LogP contribution in [-0.2, 0) is 4.74 Å². The third-order valence-electron chi connectivity index (χ3n) is 5.78. The molecule has 0 saturated carbocycles. The number of esters is 1. The second-order valence-corrected chi connectivity index (χ2v) is 7.98. The van der Waals surface area contributed by atoms with Crippen molar-refractivity contribution in [3.8, 4) is 28.2 Å². The standard InChI is InChI=1S/C26H25N7O2/c1-4-27-21-15-17(13-14-19(21)18-10-6-7-11-20(18)24-29-31-32-30-24)33-22-12-8-9-16(3)23(22)28-25(33)26(34)35-5-2/h6-15,27H,4-5H2,1-3H3,(H,29,30,31,32). The highest BCUT2D eigenvalue weighted by Crippen LogP contribution is 2.37. The number of fused-ring (bicyclic) bond motifs is 1. The van der Waals surface area contributed by atoms with Crippen LogP contribution in [0.2, 0.25) is 0 Å². The van der Waals surface area contributed by atoms with E-state index in [-0.39, 0.29) is 12.4 Å². The van der Waals surface area contributed by atoms with Gasteiger partial charge >= 0.3 is 5.97 Å². The van der Waals surface area contributed by atoms with E-state index < -0.39 is 5.97 Å². The van der Waals surface area contributed by atoms with Gasteiger partial charge in [0.2, 0.25) is 11.6 Å². The first-order chi connectivity index (χ1) is 17.1. The van der Waals surface area contributed by atoms with Crippen LogP contribution < -0.4 is 5.32 Å². The van der Waals surface area contributed by atoms with Gasteiger partial charge in [-0.3, -0.25) is 4.57 Å². The Kier molecular flexibility index (Phi) is 5.97. The quantitative estimate of drug-likeness (QED) is 0.331. The fourth-order valence-electron chi connectivity index (χ4n) is 4.27. The number of tetrazole rings is 1. The molecule has 5 rings (SSSR count). The molecule has 0 amide bonds. The average Bonchev–Trinajstić information content (AvgIpc) is 3.54. The first-order valence-corrected chi connectivity index (χ1v) is 11.5. The van der Waals surface area contributed by atoms with Gasteiger partial charge in [-0.2, -0.15) is 5.21 Å². The first-order valence-electron chi connectivity index (χ1n) is 11.5. The molecule has 0 aliphatic heterocycles. The minimum atomic E-state index is -0.459. The molecule has 9 heteroatoms. The van der Waals surface area contributed by atoms with E-state index in [2.05, 4.69) is 30.9 Å². The highest BCUT2D eigenvalue weighted by atomic mass is 16.5. The molecule has 0 unspecified atom stereocenters. The molecular weight excluding hydrogens is 442 g/mol. The van der Waals surface area contributed by atoms with E-state index in [0.717, 1.165) is 51.2 Å². The van der Waals surface area contributed by atoms with E-state index in [1.54, 1.807) is 6.92 Å². The van der Waals surface area contributed by atoms with Crippen LogP contribution >= 0.6 is 0 Å². The van der Waals surface area contributed by atoms with Crippen LogP contribution in [-0.4, -0.2) is 49.3 Å². The summed E-state index contributed by atoms with van der Waals surface area (Å²) >= 11 is 0. The number of imidazole rings is 1. The molecule has 9 nitrogen and oxygen atoms in total. The van der Waals surface area contributed by atoms with Crippen molar-refractivity contribution in [1.29, 1.82) is 0 Å². The number of aromatic nitrogens is 6. The lowest BCUT2D eigenvalue weighted by Crippen LogP contribution is -2.13. The maximum atomic E-state index is 12.9. The van der Waals surface area contributed by atoms with Gasteiger partial charge in [0.1, 0.15) is 0 Å². The molecule has 0 spiro atoms. The number of aromatic amines is 1. The molecule has 176 valence electrons. The van der Waals surface area contributed by atoms with E-state index >= 15 is 0 Å².